The molecule has 0 bridgehead atoms. The first-order valence-electron chi connectivity index (χ1n) is 42.7. The quantitative estimate of drug-likeness (QED) is 0.0662. The second kappa shape index (κ2) is 31.6. The van der Waals surface area contributed by atoms with Gasteiger partial charge >= 0.3 is 0 Å². The van der Waals surface area contributed by atoms with Crippen LogP contribution in [0.5, 0.6) is 0 Å². The Balaban J connectivity index is 0.930. The second-order valence-electron chi connectivity index (χ2n) is 34.7. The average molecular weight is 1500 g/mol. The molecule has 2 heterocycles. The molecule has 0 saturated carbocycles. The van der Waals surface area contributed by atoms with Gasteiger partial charge in [0.25, 0.3) is 6.71 Å². The van der Waals surface area contributed by atoms with Gasteiger partial charge in [-0.25, -0.2) is 0 Å². The number of rotatable bonds is 21. The smallest absolute Gasteiger partial charge is 0.252 e. The largest absolute Gasteiger partial charge is 0.342 e. The van der Waals surface area contributed by atoms with Crippen LogP contribution in [-0.4, -0.2) is 19.8 Å². The lowest BCUT2D eigenvalue weighted by Crippen LogP contribution is -2.62. The molecule has 0 radical (unpaired) electrons. The van der Waals surface area contributed by atoms with Crippen molar-refractivity contribution in [1.29, 1.82) is 0 Å². The molecule has 2 aliphatic heterocycles. The summed E-state index contributed by atoms with van der Waals surface area (Å²) in [4.78, 5) is 5.57. The Morgan fingerprint density at radius 2 is 0.552 bits per heavy atom. The van der Waals surface area contributed by atoms with Crippen molar-refractivity contribution in [3.63, 3.8) is 0 Å². The predicted molar refractivity (Wildman–Crippen MR) is 499 cm³/mol. The summed E-state index contributed by atoms with van der Waals surface area (Å²) in [7, 11) is 0. The zero-order chi connectivity index (χ0) is 79.6. The maximum absolute atomic E-state index is 2.79. The highest BCUT2D eigenvalue weighted by atomic mass is 15.2. The first kappa shape index (κ1) is 75.3. The molecule has 0 spiro atoms. The van der Waals surface area contributed by atoms with Crippen LogP contribution in [0.4, 0.5) is 22.7 Å². The summed E-state index contributed by atoms with van der Waals surface area (Å²) in [5.74, 6) is 1.96. The Labute approximate surface area is 690 Å². The van der Waals surface area contributed by atoms with Gasteiger partial charge in [-0.1, -0.05) is 374 Å². The Hall–Kier alpha value is -12.0. The molecule has 1 aliphatic carbocycles. The molecule has 0 saturated heterocycles. The third kappa shape index (κ3) is 13.8. The fourth-order valence-corrected chi connectivity index (χ4v) is 19.7. The SMILES string of the molecule is CC(C)c1cc(C(C)C)c(-c2ccc3c(c2)-c2cc(-c4c(C(C)C)cc(C(C)C)cc4C(C)C)ccc2C3c2cc3c4c(c2)N(CCc2c(-c5ccccc5)cccc2-c2ccccc2)c2ccc(-c5ccccc5)cc2B4c2cc(-c4ccccc4)ccc2N3CCc2c(-c3ccccc3)cccc2-c2ccccc2)c(C(C)C)c1. The molecule has 0 aromatic heterocycles. The molecular weight excluding hydrogens is 1400 g/mol. The number of hydrogen-bond donors (Lipinski definition) is 0. The highest BCUT2D eigenvalue weighted by molar-refractivity contribution is 7.00. The van der Waals surface area contributed by atoms with Crippen LogP contribution in [-0.2, 0) is 12.8 Å². The Kier molecular flexibility index (Phi) is 20.5. The molecule has 0 atom stereocenters. The van der Waals surface area contributed by atoms with E-state index in [1.807, 2.05) is 0 Å². The van der Waals surface area contributed by atoms with Gasteiger partial charge < -0.3 is 9.80 Å². The Bertz CT molecular complexity index is 5610. The van der Waals surface area contributed by atoms with Crippen molar-refractivity contribution in [2.75, 3.05) is 22.9 Å². The van der Waals surface area contributed by atoms with Crippen LogP contribution in [0.2, 0.25) is 0 Å². The zero-order valence-corrected chi connectivity index (χ0v) is 69.5. The summed E-state index contributed by atoms with van der Waals surface area (Å²) in [6.45, 7) is 29.9. The first-order valence-corrected chi connectivity index (χ1v) is 42.7. The molecule has 0 amide bonds. The van der Waals surface area contributed by atoms with Crippen molar-refractivity contribution in [2.24, 2.45) is 0 Å². The molecule has 570 valence electrons. The highest BCUT2D eigenvalue weighted by Gasteiger charge is 2.45. The van der Waals surface area contributed by atoms with Gasteiger partial charge in [-0.15, -0.1) is 0 Å². The zero-order valence-electron chi connectivity index (χ0n) is 69.5. The summed E-state index contributed by atoms with van der Waals surface area (Å²) in [6, 6.07) is 127. The van der Waals surface area contributed by atoms with Gasteiger partial charge in [-0.2, -0.15) is 0 Å². The summed E-state index contributed by atoms with van der Waals surface area (Å²) >= 11 is 0. The van der Waals surface area contributed by atoms with Gasteiger partial charge in [-0.3, -0.25) is 0 Å². The monoisotopic (exact) mass is 1500 g/mol. The molecule has 116 heavy (non-hydrogen) atoms. The lowest BCUT2D eigenvalue weighted by atomic mass is 9.33. The van der Waals surface area contributed by atoms with Crippen LogP contribution >= 0.6 is 0 Å². The fraction of sp³-hybridized carbons (Fsp3) is 0.204. The third-order valence-electron chi connectivity index (χ3n) is 25.6. The summed E-state index contributed by atoms with van der Waals surface area (Å²) in [6.07, 6.45) is 1.56. The van der Waals surface area contributed by atoms with E-state index in [1.54, 1.807) is 0 Å². The first-order chi connectivity index (χ1) is 56.5. The molecule has 0 fully saturated rings. The van der Waals surface area contributed by atoms with E-state index in [0.29, 0.717) is 48.6 Å². The highest BCUT2D eigenvalue weighted by Crippen LogP contribution is 2.55. The van der Waals surface area contributed by atoms with Crippen LogP contribution in [0.3, 0.4) is 0 Å². The number of fused-ring (bicyclic) bond motifs is 7. The van der Waals surface area contributed by atoms with Crippen LogP contribution in [0.25, 0.3) is 100 Å². The van der Waals surface area contributed by atoms with Crippen molar-refractivity contribution < 1.29 is 0 Å². The van der Waals surface area contributed by atoms with Gasteiger partial charge in [0.2, 0.25) is 0 Å². The topological polar surface area (TPSA) is 6.48 Å². The van der Waals surface area contributed by atoms with Crippen LogP contribution in [0.1, 0.15) is 186 Å². The standard InChI is InChI=1S/C113H105BN2/c1-71(2)87-63-98(73(5)6)110(99(64-87)74(7)8)85-49-53-96-102(61-85)103-62-86(111-100(75(9)10)65-88(72(3)4)66-101(111)76(11)12)50-54-97(103)112(96)89-69-108-113-109(70-89)116(60-58-95-92(81-41-27-17-28-42-81)47-32-48-93(95)82-43-29-18-30-44-82)107-56-52-84(78-35-21-14-22-36-78)68-105(107)114(113)104-67-83(77-33-19-13-20-34-77)51-55-106(104)115(108)59-57-94-90(79-37-23-15-24-38-79)45-31-46-91(94)80-39-25-16-26-40-80/h13-56,61-76,112H,57-60H2,1-12H3. The van der Waals surface area contributed by atoms with Gasteiger partial charge in [0.05, 0.1) is 0 Å². The van der Waals surface area contributed by atoms with E-state index in [0.717, 1.165) is 12.8 Å². The van der Waals surface area contributed by atoms with E-state index in [2.05, 4.69) is 420 Å². The number of anilines is 4. The fourth-order valence-electron chi connectivity index (χ4n) is 19.7. The number of nitrogens with zero attached hydrogens (tertiary/aromatic N) is 2. The van der Waals surface area contributed by atoms with Crippen molar-refractivity contribution >= 4 is 45.9 Å². The van der Waals surface area contributed by atoms with Gasteiger partial charge in [0.15, 0.2) is 0 Å². The van der Waals surface area contributed by atoms with Crippen molar-refractivity contribution in [3.05, 3.63) is 389 Å². The minimum atomic E-state index is -0.139. The number of hydrogen-bond acceptors (Lipinski definition) is 2. The molecule has 15 aromatic carbocycles. The molecule has 2 nitrogen and oxygen atoms in total. The van der Waals surface area contributed by atoms with Crippen molar-refractivity contribution in [1.82, 2.24) is 0 Å². The van der Waals surface area contributed by atoms with Gasteiger partial charge in [0, 0.05) is 41.8 Å². The van der Waals surface area contributed by atoms with Crippen LogP contribution in [0.15, 0.2) is 328 Å². The molecule has 0 N–H and O–H groups in total. The minimum Gasteiger partial charge on any atom is -0.342 e. The average Bonchev–Trinajstić information content (AvgIpc) is 0.974. The van der Waals surface area contributed by atoms with E-state index in [4.69, 9.17) is 0 Å². The molecule has 15 aromatic rings. The van der Waals surface area contributed by atoms with Gasteiger partial charge in [-0.05, 0) is 262 Å². The van der Waals surface area contributed by atoms with E-state index in [1.165, 1.54) is 200 Å². The van der Waals surface area contributed by atoms with Gasteiger partial charge in [0.1, 0.15) is 0 Å². The Morgan fingerprint density at radius 3 is 0.853 bits per heavy atom. The normalized spacial score (nSPS) is 12.8. The summed E-state index contributed by atoms with van der Waals surface area (Å²) < 4.78 is 0. The second-order valence-corrected chi connectivity index (χ2v) is 34.7. The molecule has 3 heteroatoms. The lowest BCUT2D eigenvalue weighted by molar-refractivity contribution is 0.807. The van der Waals surface area contributed by atoms with E-state index in [-0.39, 0.29) is 12.6 Å². The summed E-state index contributed by atoms with van der Waals surface area (Å²) in [5, 5.41) is 0. The lowest BCUT2D eigenvalue weighted by Gasteiger charge is -2.45. The minimum absolute atomic E-state index is 0.127. The number of benzene rings is 15. The van der Waals surface area contributed by atoms with E-state index >= 15 is 0 Å². The van der Waals surface area contributed by atoms with Crippen LogP contribution < -0.4 is 26.2 Å². The summed E-state index contributed by atoms with van der Waals surface area (Å²) in [5.41, 5.74) is 47.1. The molecular formula is C113H105BN2. The third-order valence-corrected chi connectivity index (χ3v) is 25.6. The van der Waals surface area contributed by atoms with Crippen molar-refractivity contribution in [2.45, 2.75) is 137 Å². The van der Waals surface area contributed by atoms with E-state index < -0.39 is 0 Å². The molecule has 18 rings (SSSR count). The molecule has 3 aliphatic rings. The predicted octanol–water partition coefficient (Wildman–Crippen LogP) is 28.8. The maximum Gasteiger partial charge on any atom is 0.252 e. The van der Waals surface area contributed by atoms with E-state index in [9.17, 15) is 0 Å². The maximum atomic E-state index is 2.79. The molecule has 0 unspecified atom stereocenters. The van der Waals surface area contributed by atoms with Crippen LogP contribution in [0, 0.1) is 0 Å². The van der Waals surface area contributed by atoms with Crippen molar-refractivity contribution in [3.8, 4) is 100 Å². The Morgan fingerprint density at radius 1 is 0.250 bits per heavy atom.